The molecule has 1 aromatic heterocycles. The number of halogens is 1. The molecule has 26 heavy (non-hydrogen) atoms. The average molecular weight is 400 g/mol. The molecule has 0 spiro atoms. The molecule has 1 aliphatic heterocycles. The van der Waals surface area contributed by atoms with Crippen LogP contribution < -0.4 is 10.2 Å². The molecule has 1 aliphatic rings. The van der Waals surface area contributed by atoms with Gasteiger partial charge in [0.15, 0.2) is 5.16 Å². The second-order valence-corrected chi connectivity index (χ2v) is 7.66. The van der Waals surface area contributed by atoms with Crippen LogP contribution in [0.25, 0.3) is 0 Å². The van der Waals surface area contributed by atoms with E-state index in [-0.39, 0.29) is 23.6 Å². The van der Waals surface area contributed by atoms with Gasteiger partial charge in [0.1, 0.15) is 11.0 Å². The van der Waals surface area contributed by atoms with Crippen LogP contribution in [0, 0.1) is 0 Å². The third-order valence-corrected chi connectivity index (χ3v) is 5.24. The molecule has 1 unspecified atom stereocenters. The smallest absolute Gasteiger partial charge is 0.230 e. The van der Waals surface area contributed by atoms with Gasteiger partial charge in [-0.25, -0.2) is 9.97 Å². The van der Waals surface area contributed by atoms with Crippen molar-refractivity contribution < 1.29 is 9.59 Å². The molecule has 2 amide bonds. The number of thioether (sulfide) groups is 1. The monoisotopic (exact) mass is 399 g/mol. The lowest BCUT2D eigenvalue weighted by atomic mass is 10.2. The number of amides is 2. The number of aromatic nitrogens is 2. The van der Waals surface area contributed by atoms with Gasteiger partial charge in [-0.2, -0.15) is 0 Å². The molecule has 1 fully saturated rings. The Morgan fingerprint density at radius 1 is 1.38 bits per heavy atom. The van der Waals surface area contributed by atoms with Crippen LogP contribution in [0.2, 0.25) is 5.15 Å². The maximum absolute atomic E-state index is 11.8. The van der Waals surface area contributed by atoms with Gasteiger partial charge in [0, 0.05) is 45.2 Å². The van der Waals surface area contributed by atoms with Gasteiger partial charge in [-0.1, -0.05) is 36.7 Å². The number of hydrogen-bond donors (Lipinski definition) is 1. The lowest BCUT2D eigenvalue weighted by molar-refractivity contribution is -0.131. The zero-order valence-electron chi connectivity index (χ0n) is 15.5. The molecule has 9 heteroatoms. The minimum absolute atomic E-state index is 0.0303. The van der Waals surface area contributed by atoms with Crippen molar-refractivity contribution in [3.63, 3.8) is 0 Å². The predicted molar refractivity (Wildman–Crippen MR) is 105 cm³/mol. The summed E-state index contributed by atoms with van der Waals surface area (Å²) in [4.78, 5) is 36.2. The second kappa shape index (κ2) is 9.97. The van der Waals surface area contributed by atoms with Crippen molar-refractivity contribution in [1.82, 2.24) is 20.2 Å². The average Bonchev–Trinajstić information content (AvgIpc) is 2.59. The highest BCUT2D eigenvalue weighted by Crippen LogP contribution is 2.24. The molecule has 1 atom stereocenters. The predicted octanol–water partition coefficient (Wildman–Crippen LogP) is 2.20. The van der Waals surface area contributed by atoms with Crippen molar-refractivity contribution in [3.05, 3.63) is 11.2 Å². The summed E-state index contributed by atoms with van der Waals surface area (Å²) in [5.74, 6) is 1.05. The highest BCUT2D eigenvalue weighted by Gasteiger charge is 2.26. The first-order valence-electron chi connectivity index (χ1n) is 8.87. The number of rotatable bonds is 7. The minimum atomic E-state index is -0.0303. The Morgan fingerprint density at radius 3 is 2.81 bits per heavy atom. The van der Waals surface area contributed by atoms with E-state index in [1.165, 1.54) is 11.8 Å². The van der Waals surface area contributed by atoms with Crippen molar-refractivity contribution in [2.75, 3.05) is 36.8 Å². The molecule has 2 heterocycles. The normalized spacial score (nSPS) is 17.3. The number of carbonyl (C=O) groups excluding carboxylic acids is 2. The largest absolute Gasteiger partial charge is 0.355 e. The number of hydrogen-bond acceptors (Lipinski definition) is 6. The van der Waals surface area contributed by atoms with Gasteiger partial charge in [-0.15, -0.1) is 0 Å². The molecular formula is C17H26ClN5O2S. The molecule has 0 aliphatic carbocycles. The third kappa shape index (κ3) is 6.02. The lowest BCUT2D eigenvalue weighted by Crippen LogP contribution is -2.53. The van der Waals surface area contributed by atoms with Crippen LogP contribution in [-0.4, -0.2) is 64.7 Å². The Morgan fingerprint density at radius 2 is 2.15 bits per heavy atom. The maximum atomic E-state index is 11.8. The summed E-state index contributed by atoms with van der Waals surface area (Å²) >= 11 is 7.42. The first kappa shape index (κ1) is 20.8. The molecular weight excluding hydrogens is 374 g/mol. The van der Waals surface area contributed by atoms with E-state index in [9.17, 15) is 9.59 Å². The molecule has 1 saturated heterocycles. The third-order valence-electron chi connectivity index (χ3n) is 4.20. The van der Waals surface area contributed by atoms with E-state index in [0.29, 0.717) is 36.5 Å². The Kier molecular flexibility index (Phi) is 7.96. The summed E-state index contributed by atoms with van der Waals surface area (Å²) < 4.78 is 0. The molecule has 7 nitrogen and oxygen atoms in total. The van der Waals surface area contributed by atoms with E-state index in [0.717, 1.165) is 18.7 Å². The van der Waals surface area contributed by atoms with E-state index >= 15 is 0 Å². The Labute approximate surface area is 163 Å². The summed E-state index contributed by atoms with van der Waals surface area (Å²) in [6, 6.07) is 1.83. The van der Waals surface area contributed by atoms with Crippen molar-refractivity contribution in [1.29, 1.82) is 0 Å². The van der Waals surface area contributed by atoms with Crippen LogP contribution in [0.4, 0.5) is 5.82 Å². The van der Waals surface area contributed by atoms with Crippen LogP contribution in [0.15, 0.2) is 11.2 Å². The standard InChI is InChI=1S/C17H26ClN5O2S/c1-4-5-6-19-16(25)11-26-17-20-14(18)9-15(21-17)22-7-8-23(13(3)24)12(2)10-22/h9,12H,4-8,10-11H2,1-3H3,(H,19,25). The highest BCUT2D eigenvalue weighted by atomic mass is 35.5. The van der Waals surface area contributed by atoms with Gasteiger partial charge in [0.05, 0.1) is 5.75 Å². The Bertz CT molecular complexity index is 646. The van der Waals surface area contributed by atoms with E-state index in [1.807, 2.05) is 11.8 Å². The van der Waals surface area contributed by atoms with Crippen molar-refractivity contribution in [2.45, 2.75) is 44.8 Å². The lowest BCUT2D eigenvalue weighted by Gasteiger charge is -2.40. The number of nitrogens with one attached hydrogen (secondary N) is 1. The summed E-state index contributed by atoms with van der Waals surface area (Å²) in [5.41, 5.74) is 0. The van der Waals surface area contributed by atoms with Crippen LogP contribution in [0.3, 0.4) is 0 Å². The minimum Gasteiger partial charge on any atom is -0.355 e. The number of carbonyl (C=O) groups is 2. The fourth-order valence-electron chi connectivity index (χ4n) is 2.83. The first-order valence-corrected chi connectivity index (χ1v) is 10.2. The van der Waals surface area contributed by atoms with Crippen LogP contribution in [-0.2, 0) is 9.59 Å². The zero-order chi connectivity index (χ0) is 19.1. The van der Waals surface area contributed by atoms with Crippen LogP contribution in [0.5, 0.6) is 0 Å². The van der Waals surface area contributed by atoms with Gasteiger partial charge in [-0.05, 0) is 13.3 Å². The van der Waals surface area contributed by atoms with E-state index in [4.69, 9.17) is 11.6 Å². The fraction of sp³-hybridized carbons (Fsp3) is 0.647. The Balaban J connectivity index is 1.97. The fourth-order valence-corrected chi connectivity index (χ4v) is 3.74. The Hall–Kier alpha value is -1.54. The molecule has 144 valence electrons. The second-order valence-electron chi connectivity index (χ2n) is 6.33. The SMILES string of the molecule is CCCCNC(=O)CSc1nc(Cl)cc(N2CCN(C(C)=O)C(C)C2)n1. The number of piperazine rings is 1. The van der Waals surface area contributed by atoms with E-state index in [1.54, 1.807) is 13.0 Å². The van der Waals surface area contributed by atoms with Crippen molar-refractivity contribution in [3.8, 4) is 0 Å². The molecule has 2 rings (SSSR count). The van der Waals surface area contributed by atoms with Gasteiger partial charge >= 0.3 is 0 Å². The summed E-state index contributed by atoms with van der Waals surface area (Å²) in [6.07, 6.45) is 2.02. The molecule has 1 aromatic rings. The van der Waals surface area contributed by atoms with Crippen LogP contribution in [0.1, 0.15) is 33.6 Å². The van der Waals surface area contributed by atoms with E-state index < -0.39 is 0 Å². The molecule has 0 aromatic carbocycles. The van der Waals surface area contributed by atoms with Gasteiger partial charge in [-0.3, -0.25) is 9.59 Å². The topological polar surface area (TPSA) is 78.4 Å². The maximum Gasteiger partial charge on any atom is 0.230 e. The highest BCUT2D eigenvalue weighted by molar-refractivity contribution is 7.99. The summed E-state index contributed by atoms with van der Waals surface area (Å²) in [7, 11) is 0. The van der Waals surface area contributed by atoms with Crippen molar-refractivity contribution in [2.24, 2.45) is 0 Å². The number of unbranched alkanes of at least 4 members (excludes halogenated alkanes) is 1. The molecule has 0 saturated carbocycles. The van der Waals surface area contributed by atoms with Crippen LogP contribution >= 0.6 is 23.4 Å². The summed E-state index contributed by atoms with van der Waals surface area (Å²) in [5, 5.41) is 3.71. The quantitative estimate of drug-likeness (QED) is 0.328. The zero-order valence-corrected chi connectivity index (χ0v) is 17.1. The molecule has 0 bridgehead atoms. The first-order chi connectivity index (χ1) is 12.4. The number of nitrogens with zero attached hydrogens (tertiary/aromatic N) is 4. The number of anilines is 1. The van der Waals surface area contributed by atoms with Gasteiger partial charge in [0.2, 0.25) is 11.8 Å². The van der Waals surface area contributed by atoms with Crippen molar-refractivity contribution >= 4 is 41.0 Å². The van der Waals surface area contributed by atoms with E-state index in [2.05, 4.69) is 27.1 Å². The van der Waals surface area contributed by atoms with Gasteiger partial charge < -0.3 is 15.1 Å². The molecule has 0 radical (unpaired) electrons. The van der Waals surface area contributed by atoms with Gasteiger partial charge in [0.25, 0.3) is 0 Å². The summed E-state index contributed by atoms with van der Waals surface area (Å²) in [6.45, 7) is 8.42. The molecule has 1 N–H and O–H groups in total.